The minimum atomic E-state index is -4.31. The van der Waals surface area contributed by atoms with E-state index in [0.717, 1.165) is 16.9 Å². The van der Waals surface area contributed by atoms with Gasteiger partial charge >= 0.3 is 17.2 Å². The second-order valence-electron chi connectivity index (χ2n) is 7.20. The fourth-order valence-electron chi connectivity index (χ4n) is 3.10. The van der Waals surface area contributed by atoms with E-state index in [4.69, 9.17) is 13.9 Å². The maximum Gasteiger partial charge on any atom is 0.348 e. The normalized spacial score (nSPS) is 11.2. The third-order valence-corrected chi connectivity index (χ3v) is 7.24. The van der Waals surface area contributed by atoms with Crippen molar-refractivity contribution in [2.24, 2.45) is 0 Å². The summed E-state index contributed by atoms with van der Waals surface area (Å²) in [6.07, 6.45) is 0. The van der Waals surface area contributed by atoms with Crippen LogP contribution in [-0.2, 0) is 24.1 Å². The van der Waals surface area contributed by atoms with Gasteiger partial charge < -0.3 is 19.2 Å². The van der Waals surface area contributed by atoms with Crippen LogP contribution < -0.4 is 5.32 Å². The average molecular weight is 522 g/mol. The number of hydrogen-bond acceptors (Lipinski definition) is 11. The van der Waals surface area contributed by atoms with Crippen molar-refractivity contribution in [1.82, 2.24) is 10.2 Å². The van der Waals surface area contributed by atoms with E-state index >= 15 is 0 Å². The molecule has 11 nitrogen and oxygen atoms in total. The Morgan fingerprint density at radius 1 is 1.03 bits per heavy atom. The summed E-state index contributed by atoms with van der Waals surface area (Å²) in [5.41, 5.74) is 1.57. The van der Waals surface area contributed by atoms with Gasteiger partial charge in [0.25, 0.3) is 0 Å². The van der Waals surface area contributed by atoms with Crippen LogP contribution in [0, 0.1) is 13.8 Å². The van der Waals surface area contributed by atoms with Crippen molar-refractivity contribution in [3.63, 3.8) is 0 Å². The number of nitrogens with zero attached hydrogens (tertiary/aromatic N) is 2. The van der Waals surface area contributed by atoms with E-state index in [1.165, 1.54) is 6.92 Å². The molecule has 0 saturated carbocycles. The Labute approximate surface area is 205 Å². The lowest BCUT2D eigenvalue weighted by atomic mass is 10.1. The molecule has 0 aliphatic heterocycles. The van der Waals surface area contributed by atoms with Gasteiger partial charge in [0.05, 0.1) is 18.8 Å². The van der Waals surface area contributed by atoms with Crippen molar-refractivity contribution in [2.45, 2.75) is 32.9 Å². The van der Waals surface area contributed by atoms with Crippen molar-refractivity contribution in [2.75, 3.05) is 24.3 Å². The lowest BCUT2D eigenvalue weighted by molar-refractivity contribution is -0.113. The molecule has 0 saturated heterocycles. The summed E-state index contributed by atoms with van der Waals surface area (Å²) in [5, 5.41) is 8.99. The molecular weight excluding hydrogens is 498 g/mol. The Morgan fingerprint density at radius 3 is 2.34 bits per heavy atom. The third kappa shape index (κ3) is 5.74. The molecule has 0 radical (unpaired) electrons. The molecule has 0 aliphatic rings. The molecule has 13 heteroatoms. The van der Waals surface area contributed by atoms with E-state index in [2.05, 4.69) is 15.5 Å². The molecule has 0 fully saturated rings. The van der Waals surface area contributed by atoms with Gasteiger partial charge in [-0.3, -0.25) is 4.79 Å². The Kier molecular flexibility index (Phi) is 8.02. The van der Waals surface area contributed by atoms with Crippen LogP contribution in [-0.4, -0.2) is 55.4 Å². The summed E-state index contributed by atoms with van der Waals surface area (Å²) in [5.74, 6) is -3.45. The first kappa shape index (κ1) is 26.0. The van der Waals surface area contributed by atoms with Gasteiger partial charge in [-0.05, 0) is 44.9 Å². The molecular formula is C22H23N3O8S2. The Morgan fingerprint density at radius 2 is 1.69 bits per heavy atom. The number of amides is 1. The van der Waals surface area contributed by atoms with E-state index < -0.39 is 38.7 Å². The SMILES string of the molecule is CCOC(=O)c1sc(NC(=O)CS(=O)(=O)c2nnc(-c3ccccc3C)o2)c(C(=O)OCC)c1C. The standard InChI is InChI=1S/C22H23N3O8S2/c1-5-31-20(27)16-13(4)17(21(28)32-6-2)34-19(16)23-15(26)11-35(29,30)22-25-24-18(33-22)14-10-8-7-9-12(14)3/h7-10H,5-6,11H2,1-4H3,(H,23,26). The summed E-state index contributed by atoms with van der Waals surface area (Å²) in [6.45, 7) is 6.71. The fourth-order valence-corrected chi connectivity index (χ4v) is 5.11. The van der Waals surface area contributed by atoms with Gasteiger partial charge in [0.1, 0.15) is 15.6 Å². The zero-order valence-electron chi connectivity index (χ0n) is 19.4. The predicted octanol–water partition coefficient (Wildman–Crippen LogP) is 3.18. The molecule has 1 N–H and O–H groups in total. The summed E-state index contributed by atoms with van der Waals surface area (Å²) in [6, 6.07) is 7.04. The maximum atomic E-state index is 12.7. The van der Waals surface area contributed by atoms with E-state index in [-0.39, 0.29) is 40.1 Å². The highest BCUT2D eigenvalue weighted by atomic mass is 32.2. The first-order valence-corrected chi connectivity index (χ1v) is 13.0. The number of rotatable bonds is 9. The van der Waals surface area contributed by atoms with Crippen LogP contribution in [0.4, 0.5) is 5.00 Å². The first-order valence-electron chi connectivity index (χ1n) is 10.5. The Bertz CT molecular complexity index is 1370. The second-order valence-corrected chi connectivity index (χ2v) is 10.1. The number of anilines is 1. The number of thiophene rings is 1. The Hall–Kier alpha value is -3.58. The van der Waals surface area contributed by atoms with Gasteiger partial charge in [0.15, 0.2) is 0 Å². The topological polar surface area (TPSA) is 155 Å². The second kappa shape index (κ2) is 10.8. The molecule has 1 amide bonds. The molecule has 0 spiro atoms. The van der Waals surface area contributed by atoms with E-state index in [1.54, 1.807) is 45.0 Å². The van der Waals surface area contributed by atoms with Crippen molar-refractivity contribution >= 4 is 44.0 Å². The number of sulfone groups is 1. The summed E-state index contributed by atoms with van der Waals surface area (Å²) in [4.78, 5) is 37.4. The maximum absolute atomic E-state index is 12.7. The molecule has 0 bridgehead atoms. The highest BCUT2D eigenvalue weighted by Crippen LogP contribution is 2.34. The number of carbonyl (C=O) groups excluding carboxylic acids is 3. The molecule has 0 atom stereocenters. The largest absolute Gasteiger partial charge is 0.462 e. The molecule has 35 heavy (non-hydrogen) atoms. The number of nitrogens with one attached hydrogen (secondary N) is 1. The van der Waals surface area contributed by atoms with Crippen LogP contribution in [0.1, 0.15) is 45.0 Å². The smallest absolute Gasteiger partial charge is 0.348 e. The van der Waals surface area contributed by atoms with Crippen molar-refractivity contribution < 1.29 is 36.7 Å². The van der Waals surface area contributed by atoms with Crippen LogP contribution in [0.3, 0.4) is 0 Å². The van der Waals surface area contributed by atoms with Crippen LogP contribution in [0.2, 0.25) is 0 Å². The van der Waals surface area contributed by atoms with Crippen molar-refractivity contribution in [3.8, 4) is 11.5 Å². The van der Waals surface area contributed by atoms with E-state index in [9.17, 15) is 22.8 Å². The van der Waals surface area contributed by atoms with Crippen LogP contribution in [0.5, 0.6) is 0 Å². The summed E-state index contributed by atoms with van der Waals surface area (Å²) >= 11 is 0.788. The lowest BCUT2D eigenvalue weighted by Gasteiger charge is -2.07. The highest BCUT2D eigenvalue weighted by Gasteiger charge is 2.30. The van der Waals surface area contributed by atoms with Crippen molar-refractivity contribution in [1.29, 1.82) is 0 Å². The number of esters is 2. The highest BCUT2D eigenvalue weighted by molar-refractivity contribution is 7.91. The number of hydrogen-bond donors (Lipinski definition) is 1. The number of ether oxygens (including phenoxy) is 2. The van der Waals surface area contributed by atoms with Gasteiger partial charge in [0.2, 0.25) is 21.6 Å². The van der Waals surface area contributed by atoms with Crippen LogP contribution in [0.15, 0.2) is 33.9 Å². The first-order chi connectivity index (χ1) is 16.6. The van der Waals surface area contributed by atoms with Gasteiger partial charge in [-0.1, -0.05) is 23.3 Å². The van der Waals surface area contributed by atoms with Crippen LogP contribution in [0.25, 0.3) is 11.5 Å². The predicted molar refractivity (Wildman–Crippen MR) is 126 cm³/mol. The zero-order chi connectivity index (χ0) is 25.8. The monoisotopic (exact) mass is 521 g/mol. The van der Waals surface area contributed by atoms with Gasteiger partial charge in [-0.15, -0.1) is 16.4 Å². The van der Waals surface area contributed by atoms with Gasteiger partial charge in [-0.2, -0.15) is 0 Å². The zero-order valence-corrected chi connectivity index (χ0v) is 21.0. The van der Waals surface area contributed by atoms with E-state index in [0.29, 0.717) is 5.56 Å². The number of aromatic nitrogens is 2. The van der Waals surface area contributed by atoms with Gasteiger partial charge in [0, 0.05) is 5.56 Å². The number of carbonyl (C=O) groups is 3. The molecule has 0 unspecified atom stereocenters. The molecule has 3 rings (SSSR count). The molecule has 2 aromatic heterocycles. The third-order valence-electron chi connectivity index (χ3n) is 4.71. The number of benzene rings is 1. The van der Waals surface area contributed by atoms with E-state index in [1.807, 2.05) is 0 Å². The molecule has 1 aromatic carbocycles. The minimum Gasteiger partial charge on any atom is -0.462 e. The molecule has 0 aliphatic carbocycles. The Balaban J connectivity index is 1.85. The number of aryl methyl sites for hydroxylation is 1. The summed E-state index contributed by atoms with van der Waals surface area (Å²) < 4.78 is 40.8. The molecule has 3 aromatic rings. The average Bonchev–Trinajstić information content (AvgIpc) is 3.40. The minimum absolute atomic E-state index is 0.000333. The van der Waals surface area contributed by atoms with Crippen molar-refractivity contribution in [3.05, 3.63) is 45.8 Å². The molecule has 186 valence electrons. The fraction of sp³-hybridized carbons (Fsp3) is 0.318. The van der Waals surface area contributed by atoms with Gasteiger partial charge in [-0.25, -0.2) is 18.0 Å². The molecule has 2 heterocycles. The quantitative estimate of drug-likeness (QED) is 0.415. The van der Waals surface area contributed by atoms with Crippen LogP contribution >= 0.6 is 11.3 Å². The summed E-state index contributed by atoms with van der Waals surface area (Å²) in [7, 11) is -4.31. The lowest BCUT2D eigenvalue weighted by Crippen LogP contribution is -2.24.